The minimum absolute atomic E-state index is 0.195. The summed E-state index contributed by atoms with van der Waals surface area (Å²) in [5, 5.41) is 9.52. The van der Waals surface area contributed by atoms with Gasteiger partial charge in [0.1, 0.15) is 18.1 Å². The molecule has 0 aromatic carbocycles. The lowest BCUT2D eigenvalue weighted by Gasteiger charge is -2.36. The Morgan fingerprint density at radius 2 is 2.06 bits per heavy atom. The molecule has 0 saturated heterocycles. The molecule has 0 aromatic rings. The number of hydrogen-bond donors (Lipinski definition) is 1. The molecule has 0 fully saturated rings. The van der Waals surface area contributed by atoms with E-state index in [1.165, 1.54) is 0 Å². The molecule has 0 radical (unpaired) electrons. The lowest BCUT2D eigenvalue weighted by molar-refractivity contribution is 0.175. The number of hydrogen-bond acceptors (Lipinski definition) is 3. The van der Waals surface area contributed by atoms with Crippen molar-refractivity contribution in [3.8, 4) is 0 Å². The van der Waals surface area contributed by atoms with Crippen LogP contribution >= 0.6 is 0 Å². The molecule has 0 unspecified atom stereocenters. The summed E-state index contributed by atoms with van der Waals surface area (Å²) in [6.07, 6.45) is 3.26. The van der Waals surface area contributed by atoms with Crippen LogP contribution in [0.2, 0.25) is 18.1 Å². The minimum atomic E-state index is -1.73. The zero-order valence-corrected chi connectivity index (χ0v) is 11.8. The fourth-order valence-corrected chi connectivity index (χ4v) is 1.99. The minimum Gasteiger partial charge on any atom is -0.508 e. The Kier molecular flexibility index (Phi) is 3.86. The first kappa shape index (κ1) is 13.3. The third-order valence-electron chi connectivity index (χ3n) is 3.25. The topological polar surface area (TPSA) is 38.7 Å². The molecule has 1 heterocycles. The highest BCUT2D eigenvalue weighted by Crippen LogP contribution is 2.36. The predicted molar refractivity (Wildman–Crippen MR) is 67.9 cm³/mol. The van der Waals surface area contributed by atoms with E-state index in [1.54, 1.807) is 12.2 Å². The van der Waals surface area contributed by atoms with Crippen LogP contribution in [0.1, 0.15) is 20.8 Å². The molecule has 92 valence electrons. The molecule has 0 spiro atoms. The molecule has 0 aliphatic carbocycles. The van der Waals surface area contributed by atoms with E-state index in [2.05, 4.69) is 33.9 Å². The highest BCUT2D eigenvalue weighted by Gasteiger charge is 2.37. The second kappa shape index (κ2) is 4.63. The SMILES string of the molecule is CC(C)(C)[Si](C)(C)OCC1=CC(O)=CCO1. The third kappa shape index (κ3) is 3.38. The van der Waals surface area contributed by atoms with E-state index in [0.717, 1.165) is 0 Å². The zero-order chi connectivity index (χ0) is 12.4. The quantitative estimate of drug-likeness (QED) is 0.771. The van der Waals surface area contributed by atoms with Crippen molar-refractivity contribution in [2.45, 2.75) is 38.9 Å². The standard InChI is InChI=1S/C12H22O3Si/c1-12(2,3)16(4,5)15-9-11-8-10(13)6-7-14-11/h6,8,13H,7,9H2,1-5H3. The maximum Gasteiger partial charge on any atom is 0.192 e. The van der Waals surface area contributed by atoms with Gasteiger partial charge in [-0.25, -0.2) is 0 Å². The van der Waals surface area contributed by atoms with Crippen molar-refractivity contribution in [3.05, 3.63) is 23.7 Å². The summed E-state index contributed by atoms with van der Waals surface area (Å²) in [6.45, 7) is 11.9. The lowest BCUT2D eigenvalue weighted by Crippen LogP contribution is -2.41. The summed E-state index contributed by atoms with van der Waals surface area (Å²) < 4.78 is 11.4. The van der Waals surface area contributed by atoms with Crippen molar-refractivity contribution >= 4 is 8.32 Å². The Balaban J connectivity index is 2.55. The molecule has 0 amide bonds. The number of rotatable bonds is 3. The monoisotopic (exact) mass is 242 g/mol. The summed E-state index contributed by atoms with van der Waals surface area (Å²) in [5.74, 6) is 0.977. The molecule has 0 aromatic heterocycles. The fourth-order valence-electron chi connectivity index (χ4n) is 1.05. The molecule has 3 nitrogen and oxygen atoms in total. The Morgan fingerprint density at radius 3 is 2.56 bits per heavy atom. The van der Waals surface area contributed by atoms with Gasteiger partial charge in [0.25, 0.3) is 0 Å². The van der Waals surface area contributed by atoms with E-state index >= 15 is 0 Å². The Hall–Kier alpha value is -0.743. The van der Waals surface area contributed by atoms with E-state index in [1.807, 2.05) is 0 Å². The highest BCUT2D eigenvalue weighted by atomic mass is 28.4. The number of aliphatic hydroxyl groups excluding tert-OH is 1. The molecule has 1 aliphatic rings. The van der Waals surface area contributed by atoms with E-state index in [-0.39, 0.29) is 10.8 Å². The van der Waals surface area contributed by atoms with Gasteiger partial charge in [-0.3, -0.25) is 0 Å². The van der Waals surface area contributed by atoms with Crippen molar-refractivity contribution in [3.63, 3.8) is 0 Å². The lowest BCUT2D eigenvalue weighted by atomic mass is 10.2. The van der Waals surface area contributed by atoms with Crippen LogP contribution in [0.4, 0.5) is 0 Å². The smallest absolute Gasteiger partial charge is 0.192 e. The number of ether oxygens (including phenoxy) is 1. The molecule has 1 N–H and O–H groups in total. The van der Waals surface area contributed by atoms with E-state index in [0.29, 0.717) is 19.0 Å². The van der Waals surface area contributed by atoms with Crippen LogP contribution in [0.15, 0.2) is 23.7 Å². The van der Waals surface area contributed by atoms with Crippen molar-refractivity contribution in [1.82, 2.24) is 0 Å². The maximum atomic E-state index is 9.33. The number of allylic oxidation sites excluding steroid dienone is 1. The van der Waals surface area contributed by atoms with E-state index in [4.69, 9.17) is 9.16 Å². The van der Waals surface area contributed by atoms with Gasteiger partial charge in [-0.1, -0.05) is 20.8 Å². The molecule has 16 heavy (non-hydrogen) atoms. The predicted octanol–water partition coefficient (Wildman–Crippen LogP) is 3.36. The van der Waals surface area contributed by atoms with Crippen LogP contribution in [-0.2, 0) is 9.16 Å². The van der Waals surface area contributed by atoms with Crippen molar-refractivity contribution < 1.29 is 14.3 Å². The Bertz CT molecular complexity index is 311. The molecule has 4 heteroatoms. The zero-order valence-electron chi connectivity index (χ0n) is 10.8. The molecule has 1 aliphatic heterocycles. The summed E-state index contributed by atoms with van der Waals surface area (Å²) in [5.41, 5.74) is 0. The van der Waals surface area contributed by atoms with Crippen LogP contribution in [0, 0.1) is 0 Å². The van der Waals surface area contributed by atoms with Gasteiger partial charge in [0.2, 0.25) is 0 Å². The van der Waals surface area contributed by atoms with Crippen molar-refractivity contribution in [1.29, 1.82) is 0 Å². The molecule has 0 atom stereocenters. The van der Waals surface area contributed by atoms with Gasteiger partial charge in [0.15, 0.2) is 8.32 Å². The van der Waals surface area contributed by atoms with Crippen LogP contribution < -0.4 is 0 Å². The fraction of sp³-hybridized carbons (Fsp3) is 0.667. The van der Waals surface area contributed by atoms with E-state index in [9.17, 15) is 5.11 Å². The van der Waals surface area contributed by atoms with E-state index < -0.39 is 8.32 Å². The molecule has 1 rings (SSSR count). The van der Waals surface area contributed by atoms with Gasteiger partial charge in [0.05, 0.1) is 6.61 Å². The first-order valence-electron chi connectivity index (χ1n) is 5.59. The van der Waals surface area contributed by atoms with Gasteiger partial charge in [-0.2, -0.15) is 0 Å². The van der Waals surface area contributed by atoms with Gasteiger partial charge >= 0.3 is 0 Å². The molecular formula is C12H22O3Si. The molecular weight excluding hydrogens is 220 g/mol. The number of aliphatic hydroxyl groups is 1. The van der Waals surface area contributed by atoms with Crippen molar-refractivity contribution in [2.75, 3.05) is 13.2 Å². The largest absolute Gasteiger partial charge is 0.508 e. The van der Waals surface area contributed by atoms with Crippen molar-refractivity contribution in [2.24, 2.45) is 0 Å². The molecule has 0 saturated carbocycles. The van der Waals surface area contributed by atoms with Crippen LogP contribution in [-0.4, -0.2) is 26.6 Å². The normalized spacial score (nSPS) is 17.6. The highest BCUT2D eigenvalue weighted by molar-refractivity contribution is 6.74. The average Bonchev–Trinajstić information content (AvgIpc) is 2.13. The molecule has 0 bridgehead atoms. The van der Waals surface area contributed by atoms with Gasteiger partial charge in [0, 0.05) is 6.08 Å². The van der Waals surface area contributed by atoms with Gasteiger partial charge < -0.3 is 14.3 Å². The van der Waals surface area contributed by atoms with Crippen LogP contribution in [0.5, 0.6) is 0 Å². The van der Waals surface area contributed by atoms with Gasteiger partial charge in [-0.05, 0) is 24.2 Å². The average molecular weight is 242 g/mol. The second-order valence-electron chi connectivity index (χ2n) is 5.60. The van der Waals surface area contributed by atoms with Gasteiger partial charge in [-0.15, -0.1) is 0 Å². The first-order chi connectivity index (χ1) is 7.22. The Morgan fingerprint density at radius 1 is 1.44 bits per heavy atom. The third-order valence-corrected chi connectivity index (χ3v) is 7.73. The van der Waals surface area contributed by atoms with Crippen LogP contribution in [0.3, 0.4) is 0 Å². The summed E-state index contributed by atoms with van der Waals surface area (Å²) >= 11 is 0. The summed E-state index contributed by atoms with van der Waals surface area (Å²) in [7, 11) is -1.73. The summed E-state index contributed by atoms with van der Waals surface area (Å²) in [6, 6.07) is 0. The second-order valence-corrected chi connectivity index (χ2v) is 10.4. The van der Waals surface area contributed by atoms with Crippen LogP contribution in [0.25, 0.3) is 0 Å². The summed E-state index contributed by atoms with van der Waals surface area (Å²) in [4.78, 5) is 0. The first-order valence-corrected chi connectivity index (χ1v) is 8.50. The maximum absolute atomic E-state index is 9.33. The Labute approximate surface area is 98.9 Å².